The molecule has 0 aliphatic carbocycles. The quantitative estimate of drug-likeness (QED) is 0.678. The predicted molar refractivity (Wildman–Crippen MR) is 120 cm³/mol. The Balaban J connectivity index is 1.45. The number of ether oxygens (including phenoxy) is 1. The number of carbonyl (C=O) groups excluding carboxylic acids is 2. The fraction of sp³-hybridized carbons (Fsp3) is 0.417. The molecule has 1 aliphatic rings. The number of nitrogens with zero attached hydrogens (tertiary/aromatic N) is 1. The van der Waals surface area contributed by atoms with Crippen molar-refractivity contribution in [2.75, 3.05) is 36.9 Å². The molecule has 3 rings (SSSR count). The highest BCUT2D eigenvalue weighted by Crippen LogP contribution is 2.17. The van der Waals surface area contributed by atoms with E-state index in [1.54, 1.807) is 24.3 Å². The van der Waals surface area contributed by atoms with Crippen LogP contribution in [-0.2, 0) is 4.79 Å². The number of amides is 2. The third-order valence-electron chi connectivity index (χ3n) is 4.95. The molecule has 2 N–H and O–H groups in total. The zero-order valence-electron chi connectivity index (χ0n) is 17.8. The zero-order valence-corrected chi connectivity index (χ0v) is 17.8. The summed E-state index contributed by atoms with van der Waals surface area (Å²) >= 11 is 0. The van der Waals surface area contributed by atoms with Gasteiger partial charge in [0.15, 0.2) is 0 Å². The lowest BCUT2D eigenvalue weighted by Gasteiger charge is -2.26. The van der Waals surface area contributed by atoms with E-state index < -0.39 is 0 Å². The highest BCUT2D eigenvalue weighted by Gasteiger charge is 2.18. The number of benzene rings is 2. The SMILES string of the molecule is CC(C)COc1ccc(NCC(=O)Nc2ccc(C(=O)N3CCCCC3)cc2)cc1. The van der Waals surface area contributed by atoms with Crippen molar-refractivity contribution < 1.29 is 14.3 Å². The van der Waals surface area contributed by atoms with E-state index in [1.807, 2.05) is 29.2 Å². The maximum atomic E-state index is 12.5. The van der Waals surface area contributed by atoms with E-state index in [1.165, 1.54) is 6.42 Å². The van der Waals surface area contributed by atoms with Crippen LogP contribution in [0.25, 0.3) is 0 Å². The summed E-state index contributed by atoms with van der Waals surface area (Å²) in [6.45, 7) is 6.70. The average molecular weight is 410 g/mol. The van der Waals surface area contributed by atoms with Gasteiger partial charge in [0.05, 0.1) is 13.2 Å². The second-order valence-electron chi connectivity index (χ2n) is 8.06. The molecular formula is C24H31N3O3. The van der Waals surface area contributed by atoms with Gasteiger partial charge in [0.25, 0.3) is 5.91 Å². The number of anilines is 2. The molecule has 30 heavy (non-hydrogen) atoms. The highest BCUT2D eigenvalue weighted by atomic mass is 16.5. The van der Waals surface area contributed by atoms with Crippen LogP contribution in [0.1, 0.15) is 43.5 Å². The van der Waals surface area contributed by atoms with Gasteiger partial charge in [-0.15, -0.1) is 0 Å². The first kappa shape index (κ1) is 21.7. The summed E-state index contributed by atoms with van der Waals surface area (Å²) in [5.41, 5.74) is 2.19. The van der Waals surface area contributed by atoms with Crippen LogP contribution >= 0.6 is 0 Å². The second kappa shape index (κ2) is 10.7. The van der Waals surface area contributed by atoms with Gasteiger partial charge in [0.2, 0.25) is 5.91 Å². The topological polar surface area (TPSA) is 70.7 Å². The minimum atomic E-state index is -0.148. The van der Waals surface area contributed by atoms with Gasteiger partial charge >= 0.3 is 0 Å². The van der Waals surface area contributed by atoms with Gasteiger partial charge in [0, 0.05) is 30.0 Å². The first-order valence-electron chi connectivity index (χ1n) is 10.7. The van der Waals surface area contributed by atoms with Crippen LogP contribution in [0.3, 0.4) is 0 Å². The minimum Gasteiger partial charge on any atom is -0.493 e. The molecule has 6 heteroatoms. The van der Waals surface area contributed by atoms with Crippen LogP contribution in [0, 0.1) is 5.92 Å². The first-order chi connectivity index (χ1) is 14.5. The van der Waals surface area contributed by atoms with Gasteiger partial charge in [0.1, 0.15) is 5.75 Å². The summed E-state index contributed by atoms with van der Waals surface area (Å²) in [5.74, 6) is 1.21. The number of piperidine rings is 1. The lowest BCUT2D eigenvalue weighted by molar-refractivity contribution is -0.114. The van der Waals surface area contributed by atoms with Gasteiger partial charge in [-0.05, 0) is 73.7 Å². The second-order valence-corrected chi connectivity index (χ2v) is 8.06. The Kier molecular flexibility index (Phi) is 7.71. The van der Waals surface area contributed by atoms with Crippen molar-refractivity contribution in [2.24, 2.45) is 5.92 Å². The molecule has 0 radical (unpaired) electrons. The number of carbonyl (C=O) groups is 2. The Bertz CT molecular complexity index is 826. The molecule has 0 atom stereocenters. The number of hydrogen-bond donors (Lipinski definition) is 2. The van der Waals surface area contributed by atoms with Gasteiger partial charge in [-0.1, -0.05) is 13.8 Å². The molecule has 1 aliphatic heterocycles. The number of hydrogen-bond acceptors (Lipinski definition) is 4. The molecule has 1 heterocycles. The fourth-order valence-electron chi connectivity index (χ4n) is 3.30. The van der Waals surface area contributed by atoms with E-state index >= 15 is 0 Å². The minimum absolute atomic E-state index is 0.0649. The first-order valence-corrected chi connectivity index (χ1v) is 10.7. The predicted octanol–water partition coefficient (Wildman–Crippen LogP) is 4.40. The number of rotatable bonds is 8. The van der Waals surface area contributed by atoms with E-state index in [9.17, 15) is 9.59 Å². The van der Waals surface area contributed by atoms with E-state index in [4.69, 9.17) is 4.74 Å². The van der Waals surface area contributed by atoms with E-state index in [2.05, 4.69) is 24.5 Å². The molecule has 1 saturated heterocycles. The molecule has 0 saturated carbocycles. The van der Waals surface area contributed by atoms with Crippen molar-refractivity contribution >= 4 is 23.2 Å². The molecular weight excluding hydrogens is 378 g/mol. The zero-order chi connectivity index (χ0) is 21.3. The molecule has 1 fully saturated rings. The van der Waals surface area contributed by atoms with Gasteiger partial charge < -0.3 is 20.3 Å². The van der Waals surface area contributed by atoms with E-state index in [0.29, 0.717) is 23.8 Å². The van der Waals surface area contributed by atoms with Crippen molar-refractivity contribution in [3.63, 3.8) is 0 Å². The molecule has 2 amide bonds. The number of likely N-dealkylation sites (tertiary alicyclic amines) is 1. The Hall–Kier alpha value is -3.02. The monoisotopic (exact) mass is 409 g/mol. The Labute approximate surface area is 178 Å². The van der Waals surface area contributed by atoms with Crippen molar-refractivity contribution in [3.8, 4) is 5.75 Å². The molecule has 0 unspecified atom stereocenters. The highest BCUT2D eigenvalue weighted by molar-refractivity contribution is 5.96. The van der Waals surface area contributed by atoms with E-state index in [0.717, 1.165) is 37.4 Å². The Morgan fingerprint density at radius 1 is 0.933 bits per heavy atom. The summed E-state index contributed by atoms with van der Waals surface area (Å²) in [6.07, 6.45) is 3.33. The molecule has 2 aromatic rings. The largest absolute Gasteiger partial charge is 0.493 e. The van der Waals surface area contributed by atoms with Gasteiger partial charge in [-0.2, -0.15) is 0 Å². The standard InChI is InChI=1S/C24H31N3O3/c1-18(2)17-30-22-12-10-20(11-13-22)25-16-23(28)26-21-8-6-19(7-9-21)24(29)27-14-4-3-5-15-27/h6-13,18,25H,3-5,14-17H2,1-2H3,(H,26,28). The normalized spacial score (nSPS) is 13.8. The third-order valence-corrected chi connectivity index (χ3v) is 4.95. The Morgan fingerprint density at radius 2 is 1.57 bits per heavy atom. The van der Waals surface area contributed by atoms with Crippen LogP contribution in [0.4, 0.5) is 11.4 Å². The average Bonchev–Trinajstić information content (AvgIpc) is 2.77. The van der Waals surface area contributed by atoms with Gasteiger partial charge in [-0.3, -0.25) is 9.59 Å². The lowest BCUT2D eigenvalue weighted by Crippen LogP contribution is -2.35. The fourth-order valence-corrected chi connectivity index (χ4v) is 3.30. The summed E-state index contributed by atoms with van der Waals surface area (Å²) in [7, 11) is 0. The Morgan fingerprint density at radius 3 is 2.20 bits per heavy atom. The molecule has 160 valence electrons. The van der Waals surface area contributed by atoms with Crippen LogP contribution in [0.2, 0.25) is 0 Å². The summed E-state index contributed by atoms with van der Waals surface area (Å²) < 4.78 is 5.66. The summed E-state index contributed by atoms with van der Waals surface area (Å²) in [4.78, 5) is 26.6. The van der Waals surface area contributed by atoms with Crippen LogP contribution < -0.4 is 15.4 Å². The molecule has 2 aromatic carbocycles. The number of nitrogens with one attached hydrogen (secondary N) is 2. The van der Waals surface area contributed by atoms with Crippen LogP contribution in [0.5, 0.6) is 5.75 Å². The van der Waals surface area contributed by atoms with Gasteiger partial charge in [-0.25, -0.2) is 0 Å². The summed E-state index contributed by atoms with van der Waals surface area (Å²) in [5, 5.41) is 5.95. The lowest BCUT2D eigenvalue weighted by atomic mass is 10.1. The molecule has 6 nitrogen and oxygen atoms in total. The van der Waals surface area contributed by atoms with Crippen molar-refractivity contribution in [2.45, 2.75) is 33.1 Å². The maximum Gasteiger partial charge on any atom is 0.253 e. The molecule has 0 bridgehead atoms. The van der Waals surface area contributed by atoms with Crippen LogP contribution in [0.15, 0.2) is 48.5 Å². The van der Waals surface area contributed by atoms with Crippen molar-refractivity contribution in [1.82, 2.24) is 4.90 Å². The van der Waals surface area contributed by atoms with Crippen LogP contribution in [-0.4, -0.2) is 43.0 Å². The van der Waals surface area contributed by atoms with Crippen molar-refractivity contribution in [3.05, 3.63) is 54.1 Å². The van der Waals surface area contributed by atoms with E-state index in [-0.39, 0.29) is 18.4 Å². The molecule has 0 spiro atoms. The smallest absolute Gasteiger partial charge is 0.253 e. The maximum absolute atomic E-state index is 12.5. The third kappa shape index (κ3) is 6.51. The molecule has 0 aromatic heterocycles. The summed E-state index contributed by atoms with van der Waals surface area (Å²) in [6, 6.07) is 14.7. The van der Waals surface area contributed by atoms with Crippen molar-refractivity contribution in [1.29, 1.82) is 0 Å².